The van der Waals surface area contributed by atoms with E-state index >= 15 is 0 Å². The summed E-state index contributed by atoms with van der Waals surface area (Å²) in [4.78, 5) is 24.3. The van der Waals surface area contributed by atoms with E-state index in [0.717, 1.165) is 30.2 Å². The van der Waals surface area contributed by atoms with Gasteiger partial charge in [-0.05, 0) is 18.9 Å². The number of fused-ring (bicyclic) bond motifs is 1. The minimum absolute atomic E-state index is 0.0361. The van der Waals surface area contributed by atoms with Crippen molar-refractivity contribution in [2.75, 3.05) is 6.54 Å². The van der Waals surface area contributed by atoms with Gasteiger partial charge in [0.2, 0.25) is 5.91 Å². The summed E-state index contributed by atoms with van der Waals surface area (Å²) in [6, 6.07) is 7.49. The molecule has 1 fully saturated rings. The van der Waals surface area contributed by atoms with E-state index in [1.165, 1.54) is 0 Å². The second kappa shape index (κ2) is 4.63. The van der Waals surface area contributed by atoms with E-state index in [9.17, 15) is 9.59 Å². The lowest BCUT2D eigenvalue weighted by Gasteiger charge is -2.24. The first-order chi connectivity index (χ1) is 9.22. The number of ketones is 1. The van der Waals surface area contributed by atoms with Crippen molar-refractivity contribution in [2.24, 2.45) is 11.7 Å². The Morgan fingerprint density at radius 3 is 2.63 bits per heavy atom. The molecule has 0 unspecified atom stereocenters. The fourth-order valence-electron chi connectivity index (χ4n) is 2.55. The van der Waals surface area contributed by atoms with Crippen LogP contribution < -0.4 is 5.73 Å². The maximum Gasteiger partial charge on any atom is 0.234 e. The predicted octanol–water partition coefficient (Wildman–Crippen LogP) is 2.22. The molecule has 1 heterocycles. The fourth-order valence-corrected chi connectivity index (χ4v) is 2.55. The van der Waals surface area contributed by atoms with Gasteiger partial charge in [0, 0.05) is 23.1 Å². The van der Waals surface area contributed by atoms with Gasteiger partial charge in [-0.15, -0.1) is 0 Å². The number of Topliss-reactive ketones (excluding diaryl/α,β-unsaturated/α-hetero) is 1. The molecule has 0 amide bonds. The number of rotatable bonds is 3. The highest BCUT2D eigenvalue weighted by Gasteiger charge is 2.28. The van der Waals surface area contributed by atoms with Crippen LogP contribution in [0.15, 0.2) is 30.5 Å². The third-order valence-electron chi connectivity index (χ3n) is 3.89. The number of nitrogens with two attached hydrogens (primary N) is 1. The standard InChI is InChI=1S/C15H16N2O2/c16-8-14(18)12-9-17(15(19)10-4-3-5-10)13-7-2-1-6-11(12)13/h1-2,6-7,9-10H,3-5,8,16H2. The lowest BCUT2D eigenvalue weighted by Crippen LogP contribution is -2.26. The van der Waals surface area contributed by atoms with E-state index in [1.807, 2.05) is 24.3 Å². The summed E-state index contributed by atoms with van der Waals surface area (Å²) < 4.78 is 1.63. The van der Waals surface area contributed by atoms with E-state index in [1.54, 1.807) is 10.8 Å². The van der Waals surface area contributed by atoms with Crippen LogP contribution in [0, 0.1) is 5.92 Å². The van der Waals surface area contributed by atoms with Gasteiger partial charge in [-0.2, -0.15) is 0 Å². The van der Waals surface area contributed by atoms with E-state index in [0.29, 0.717) is 5.56 Å². The molecule has 0 spiro atoms. The molecule has 1 aromatic heterocycles. The molecule has 1 aliphatic rings. The minimum atomic E-state index is -0.128. The van der Waals surface area contributed by atoms with Crippen LogP contribution in [0.1, 0.15) is 34.4 Å². The summed E-state index contributed by atoms with van der Waals surface area (Å²) in [5, 5.41) is 0.811. The van der Waals surface area contributed by atoms with Gasteiger partial charge in [-0.25, -0.2) is 0 Å². The minimum Gasteiger partial charge on any atom is -0.324 e. The summed E-state index contributed by atoms with van der Waals surface area (Å²) in [6.07, 6.45) is 4.67. The van der Waals surface area contributed by atoms with Gasteiger partial charge in [-0.1, -0.05) is 24.6 Å². The normalized spacial score (nSPS) is 15.4. The molecule has 0 bridgehead atoms. The molecule has 1 saturated carbocycles. The van der Waals surface area contributed by atoms with Crippen molar-refractivity contribution >= 4 is 22.6 Å². The zero-order valence-corrected chi connectivity index (χ0v) is 10.6. The summed E-state index contributed by atoms with van der Waals surface area (Å²) in [6.45, 7) is -0.0361. The van der Waals surface area contributed by atoms with Crippen LogP contribution in [-0.4, -0.2) is 22.8 Å². The lowest BCUT2D eigenvalue weighted by molar-refractivity contribution is 0.0770. The van der Waals surface area contributed by atoms with Crippen LogP contribution in [0.25, 0.3) is 10.9 Å². The van der Waals surface area contributed by atoms with Crippen LogP contribution in [0.2, 0.25) is 0 Å². The van der Waals surface area contributed by atoms with Gasteiger partial charge in [0.1, 0.15) is 0 Å². The Morgan fingerprint density at radius 2 is 2.00 bits per heavy atom. The van der Waals surface area contributed by atoms with Gasteiger partial charge in [0.25, 0.3) is 0 Å². The Bertz CT molecular complexity index is 653. The highest BCUT2D eigenvalue weighted by atomic mass is 16.2. The summed E-state index contributed by atoms with van der Waals surface area (Å²) in [5.74, 6) is 0.0755. The van der Waals surface area contributed by atoms with E-state index in [4.69, 9.17) is 5.73 Å². The smallest absolute Gasteiger partial charge is 0.234 e. The molecule has 0 radical (unpaired) electrons. The predicted molar refractivity (Wildman–Crippen MR) is 73.3 cm³/mol. The summed E-state index contributed by atoms with van der Waals surface area (Å²) >= 11 is 0. The number of carbonyl (C=O) groups is 2. The Hall–Kier alpha value is -1.94. The van der Waals surface area contributed by atoms with Crippen molar-refractivity contribution in [3.8, 4) is 0 Å². The van der Waals surface area contributed by atoms with E-state index in [-0.39, 0.29) is 24.2 Å². The van der Waals surface area contributed by atoms with Crippen molar-refractivity contribution in [2.45, 2.75) is 19.3 Å². The zero-order valence-electron chi connectivity index (χ0n) is 10.6. The highest BCUT2D eigenvalue weighted by Crippen LogP contribution is 2.30. The Labute approximate surface area is 111 Å². The molecule has 1 aliphatic carbocycles. The van der Waals surface area contributed by atoms with E-state index in [2.05, 4.69) is 0 Å². The molecule has 4 nitrogen and oxygen atoms in total. The first-order valence-corrected chi connectivity index (χ1v) is 6.60. The lowest BCUT2D eigenvalue weighted by atomic mass is 9.85. The molecular formula is C15H16N2O2. The SMILES string of the molecule is NCC(=O)c1cn(C(=O)C2CCC2)c2ccccc12. The molecule has 0 saturated heterocycles. The number of nitrogens with zero attached hydrogens (tertiary/aromatic N) is 1. The van der Waals surface area contributed by atoms with Gasteiger partial charge >= 0.3 is 0 Å². The number of benzene rings is 1. The van der Waals surface area contributed by atoms with E-state index < -0.39 is 0 Å². The second-order valence-electron chi connectivity index (χ2n) is 5.02. The number of hydrogen-bond acceptors (Lipinski definition) is 3. The largest absolute Gasteiger partial charge is 0.324 e. The Balaban J connectivity index is 2.14. The maximum atomic E-state index is 12.4. The van der Waals surface area contributed by atoms with Gasteiger partial charge < -0.3 is 5.73 Å². The average molecular weight is 256 g/mol. The maximum absolute atomic E-state index is 12.4. The first kappa shape index (κ1) is 12.1. The van der Waals surface area contributed by atoms with Gasteiger partial charge in [0.05, 0.1) is 12.1 Å². The van der Waals surface area contributed by atoms with Crippen molar-refractivity contribution in [3.05, 3.63) is 36.0 Å². The fraction of sp³-hybridized carbons (Fsp3) is 0.333. The molecule has 2 aromatic rings. The molecule has 98 valence electrons. The average Bonchev–Trinajstić information content (AvgIpc) is 2.75. The van der Waals surface area contributed by atoms with Crippen molar-refractivity contribution in [1.29, 1.82) is 0 Å². The zero-order chi connectivity index (χ0) is 13.4. The van der Waals surface area contributed by atoms with Crippen molar-refractivity contribution in [1.82, 2.24) is 4.57 Å². The highest BCUT2D eigenvalue weighted by molar-refractivity contribution is 6.11. The van der Waals surface area contributed by atoms with Crippen LogP contribution in [0.4, 0.5) is 0 Å². The molecule has 4 heteroatoms. The molecule has 3 rings (SSSR count). The van der Waals surface area contributed by atoms with Gasteiger partial charge in [0.15, 0.2) is 5.78 Å². The number of hydrogen-bond donors (Lipinski definition) is 1. The summed E-state index contributed by atoms with van der Waals surface area (Å²) in [5.41, 5.74) is 6.78. The second-order valence-corrected chi connectivity index (χ2v) is 5.02. The van der Waals surface area contributed by atoms with Gasteiger partial charge in [-0.3, -0.25) is 14.2 Å². The Morgan fingerprint density at radius 1 is 1.26 bits per heavy atom. The number of para-hydroxylation sites is 1. The molecule has 0 atom stereocenters. The third kappa shape index (κ3) is 1.88. The molecule has 2 N–H and O–H groups in total. The molecule has 19 heavy (non-hydrogen) atoms. The molecule has 0 aliphatic heterocycles. The first-order valence-electron chi connectivity index (χ1n) is 6.60. The monoisotopic (exact) mass is 256 g/mol. The van der Waals surface area contributed by atoms with Crippen LogP contribution in [0.3, 0.4) is 0 Å². The number of aromatic nitrogens is 1. The molecular weight excluding hydrogens is 240 g/mol. The topological polar surface area (TPSA) is 65.1 Å². The molecule has 1 aromatic carbocycles. The summed E-state index contributed by atoms with van der Waals surface area (Å²) in [7, 11) is 0. The third-order valence-corrected chi connectivity index (χ3v) is 3.89. The van der Waals surface area contributed by atoms with Crippen LogP contribution in [-0.2, 0) is 0 Å². The Kier molecular flexibility index (Phi) is 2.95. The van der Waals surface area contributed by atoms with Crippen LogP contribution >= 0.6 is 0 Å². The number of carbonyl (C=O) groups excluding carboxylic acids is 2. The van der Waals surface area contributed by atoms with Crippen LogP contribution in [0.5, 0.6) is 0 Å². The van der Waals surface area contributed by atoms with Crippen molar-refractivity contribution in [3.63, 3.8) is 0 Å². The quantitative estimate of drug-likeness (QED) is 0.856. The van der Waals surface area contributed by atoms with Crippen molar-refractivity contribution < 1.29 is 9.59 Å².